The number of likely N-dealkylation sites (N-methyl/N-ethyl adjacent to an activating group) is 1. The summed E-state index contributed by atoms with van der Waals surface area (Å²) in [6.07, 6.45) is 3.78. The number of halogens is 1. The molecule has 1 amide bonds. The maximum Gasteiger partial charge on any atom is 0.248 e. The molecule has 1 saturated carbocycles. The Morgan fingerprint density at radius 2 is 2.19 bits per heavy atom. The lowest BCUT2D eigenvalue weighted by molar-refractivity contribution is -0.139. The molecule has 1 aliphatic heterocycles. The molecule has 0 bridgehead atoms. The summed E-state index contributed by atoms with van der Waals surface area (Å²) in [7, 11) is 0. The fourth-order valence-electron chi connectivity index (χ4n) is 3.10. The molecule has 0 N–H and O–H groups in total. The van der Waals surface area contributed by atoms with Gasteiger partial charge in [-0.05, 0) is 44.3 Å². The van der Waals surface area contributed by atoms with Crippen LogP contribution >= 0.6 is 11.8 Å². The molecule has 1 aliphatic carbocycles. The van der Waals surface area contributed by atoms with Crippen LogP contribution < -0.4 is 0 Å². The zero-order valence-corrected chi connectivity index (χ0v) is 14.0. The van der Waals surface area contributed by atoms with Gasteiger partial charge < -0.3 is 9.64 Å². The highest BCUT2D eigenvalue weighted by atomic mass is 32.2. The molecule has 1 heterocycles. The molecule has 1 saturated heterocycles. The van der Waals surface area contributed by atoms with Gasteiger partial charge in [-0.25, -0.2) is 4.39 Å². The summed E-state index contributed by atoms with van der Waals surface area (Å²) in [6.45, 7) is 5.63. The van der Waals surface area contributed by atoms with Crippen molar-refractivity contribution in [3.05, 3.63) is 0 Å². The van der Waals surface area contributed by atoms with E-state index >= 15 is 0 Å². The maximum atomic E-state index is 13.7. The molecule has 2 rings (SSSR count). The third kappa shape index (κ3) is 5.13. The second-order valence-electron chi connectivity index (χ2n) is 6.31. The Balaban J connectivity index is 1.71. The van der Waals surface area contributed by atoms with Gasteiger partial charge in [-0.3, -0.25) is 4.79 Å². The first kappa shape index (κ1) is 17.1. The summed E-state index contributed by atoms with van der Waals surface area (Å²) in [5.41, 5.74) is 0. The van der Waals surface area contributed by atoms with Crippen molar-refractivity contribution in [2.24, 2.45) is 5.92 Å². The molecule has 0 radical (unpaired) electrons. The van der Waals surface area contributed by atoms with E-state index in [9.17, 15) is 9.18 Å². The fraction of sp³-hybridized carbons (Fsp3) is 0.938. The van der Waals surface area contributed by atoms with E-state index in [1.807, 2.05) is 30.5 Å². The average Bonchev–Trinajstić information content (AvgIpc) is 2.98. The molecule has 0 aromatic rings. The van der Waals surface area contributed by atoms with Crippen LogP contribution in [0.4, 0.5) is 4.39 Å². The summed E-state index contributed by atoms with van der Waals surface area (Å²) in [5.74, 6) is 1.40. The SMILES string of the molecule is CCN(CC1CCCS1)C(=O)COC1CCC(C)C(F)C1. The second kappa shape index (κ2) is 8.37. The first-order valence-electron chi connectivity index (χ1n) is 8.25. The van der Waals surface area contributed by atoms with E-state index in [2.05, 4.69) is 0 Å². The Hall–Kier alpha value is -0.290. The summed E-state index contributed by atoms with van der Waals surface area (Å²) in [6, 6.07) is 0. The summed E-state index contributed by atoms with van der Waals surface area (Å²) in [4.78, 5) is 14.1. The number of carbonyl (C=O) groups excluding carboxylic acids is 1. The minimum Gasteiger partial charge on any atom is -0.368 e. The summed E-state index contributed by atoms with van der Waals surface area (Å²) < 4.78 is 19.3. The van der Waals surface area contributed by atoms with E-state index in [1.165, 1.54) is 18.6 Å². The first-order valence-corrected chi connectivity index (χ1v) is 9.30. The van der Waals surface area contributed by atoms with Crippen molar-refractivity contribution in [2.75, 3.05) is 25.4 Å². The van der Waals surface area contributed by atoms with Crippen molar-refractivity contribution in [2.45, 2.75) is 63.5 Å². The van der Waals surface area contributed by atoms with Gasteiger partial charge in [0.1, 0.15) is 12.8 Å². The largest absolute Gasteiger partial charge is 0.368 e. The van der Waals surface area contributed by atoms with Crippen molar-refractivity contribution < 1.29 is 13.9 Å². The van der Waals surface area contributed by atoms with Gasteiger partial charge in [0.2, 0.25) is 5.91 Å². The number of amides is 1. The molecular formula is C16H28FNO2S. The van der Waals surface area contributed by atoms with Crippen molar-refractivity contribution in [3.63, 3.8) is 0 Å². The number of ether oxygens (including phenoxy) is 1. The van der Waals surface area contributed by atoms with Crippen molar-refractivity contribution in [3.8, 4) is 0 Å². The van der Waals surface area contributed by atoms with Gasteiger partial charge in [-0.2, -0.15) is 11.8 Å². The lowest BCUT2D eigenvalue weighted by Gasteiger charge is -2.30. The zero-order valence-electron chi connectivity index (χ0n) is 13.2. The van der Waals surface area contributed by atoms with Crippen LogP contribution in [0.15, 0.2) is 0 Å². The lowest BCUT2D eigenvalue weighted by atomic mass is 9.87. The van der Waals surface area contributed by atoms with E-state index < -0.39 is 6.17 Å². The van der Waals surface area contributed by atoms with Crippen molar-refractivity contribution in [1.82, 2.24) is 4.90 Å². The highest BCUT2D eigenvalue weighted by molar-refractivity contribution is 8.00. The molecule has 122 valence electrons. The Bertz CT molecular complexity index is 336. The molecule has 21 heavy (non-hydrogen) atoms. The lowest BCUT2D eigenvalue weighted by Crippen LogP contribution is -2.39. The summed E-state index contributed by atoms with van der Waals surface area (Å²) >= 11 is 1.97. The van der Waals surface area contributed by atoms with Crippen LogP contribution in [0.25, 0.3) is 0 Å². The molecule has 2 fully saturated rings. The highest BCUT2D eigenvalue weighted by Gasteiger charge is 2.29. The number of alkyl halides is 1. The van der Waals surface area contributed by atoms with Gasteiger partial charge in [0.05, 0.1) is 6.10 Å². The van der Waals surface area contributed by atoms with Gasteiger partial charge in [0, 0.05) is 24.8 Å². The number of carbonyl (C=O) groups is 1. The molecular weight excluding hydrogens is 289 g/mol. The Morgan fingerprint density at radius 3 is 2.81 bits per heavy atom. The average molecular weight is 317 g/mol. The molecule has 2 aliphatic rings. The predicted octanol–water partition coefficient (Wildman–Crippen LogP) is 3.27. The number of hydrogen-bond donors (Lipinski definition) is 0. The molecule has 4 atom stereocenters. The van der Waals surface area contributed by atoms with Gasteiger partial charge in [-0.1, -0.05) is 6.92 Å². The fourth-order valence-corrected chi connectivity index (χ4v) is 4.39. The van der Waals surface area contributed by atoms with E-state index in [4.69, 9.17) is 4.74 Å². The number of thioether (sulfide) groups is 1. The molecule has 5 heteroatoms. The van der Waals surface area contributed by atoms with Crippen molar-refractivity contribution in [1.29, 1.82) is 0 Å². The molecule has 0 aromatic carbocycles. The minimum atomic E-state index is -0.781. The molecule has 0 aromatic heterocycles. The van der Waals surface area contributed by atoms with Crippen LogP contribution in [0.5, 0.6) is 0 Å². The van der Waals surface area contributed by atoms with Crippen LogP contribution in [0.1, 0.15) is 46.0 Å². The van der Waals surface area contributed by atoms with Gasteiger partial charge >= 0.3 is 0 Å². The van der Waals surface area contributed by atoms with Crippen LogP contribution in [-0.2, 0) is 9.53 Å². The van der Waals surface area contributed by atoms with E-state index in [0.29, 0.717) is 11.7 Å². The van der Waals surface area contributed by atoms with Gasteiger partial charge in [0.25, 0.3) is 0 Å². The molecule has 3 nitrogen and oxygen atoms in total. The Labute approximate surface area is 132 Å². The Kier molecular flexibility index (Phi) is 6.80. The number of rotatable bonds is 6. The van der Waals surface area contributed by atoms with Gasteiger partial charge in [0.15, 0.2) is 0 Å². The topological polar surface area (TPSA) is 29.5 Å². The minimum absolute atomic E-state index is 0.0547. The van der Waals surface area contributed by atoms with Crippen molar-refractivity contribution >= 4 is 17.7 Å². The Morgan fingerprint density at radius 1 is 1.38 bits per heavy atom. The predicted molar refractivity (Wildman–Crippen MR) is 85.4 cm³/mol. The van der Waals surface area contributed by atoms with Crippen LogP contribution in [0.2, 0.25) is 0 Å². The number of hydrogen-bond acceptors (Lipinski definition) is 3. The highest BCUT2D eigenvalue weighted by Crippen LogP contribution is 2.29. The van der Waals surface area contributed by atoms with E-state index in [-0.39, 0.29) is 24.5 Å². The van der Waals surface area contributed by atoms with Gasteiger partial charge in [-0.15, -0.1) is 0 Å². The third-order valence-corrected chi connectivity index (χ3v) is 6.05. The zero-order chi connectivity index (χ0) is 15.2. The smallest absolute Gasteiger partial charge is 0.248 e. The third-order valence-electron chi connectivity index (χ3n) is 4.67. The standard InChI is InChI=1S/C16H28FNO2S/c1-3-18(10-14-5-4-8-21-14)16(19)11-20-13-7-6-12(2)15(17)9-13/h12-15H,3-11H2,1-2H3. The van der Waals surface area contributed by atoms with Crippen LogP contribution in [0.3, 0.4) is 0 Å². The summed E-state index contributed by atoms with van der Waals surface area (Å²) in [5, 5.41) is 0.583. The van der Waals surface area contributed by atoms with Crippen LogP contribution in [0, 0.1) is 5.92 Å². The van der Waals surface area contributed by atoms with E-state index in [0.717, 1.165) is 25.9 Å². The molecule has 0 spiro atoms. The monoisotopic (exact) mass is 317 g/mol. The second-order valence-corrected chi connectivity index (χ2v) is 7.71. The quantitative estimate of drug-likeness (QED) is 0.753. The maximum absolute atomic E-state index is 13.7. The number of nitrogens with zero attached hydrogens (tertiary/aromatic N) is 1. The van der Waals surface area contributed by atoms with Crippen LogP contribution in [-0.4, -0.2) is 53.8 Å². The first-order chi connectivity index (χ1) is 10.1. The molecule has 4 unspecified atom stereocenters. The van der Waals surface area contributed by atoms with E-state index in [1.54, 1.807) is 0 Å². The normalized spacial score (nSPS) is 33.1.